The molecule has 1 N–H and O–H groups in total. The molecule has 1 fully saturated rings. The molecule has 3 aromatic rings. The molecule has 0 aliphatic carbocycles. The van der Waals surface area contributed by atoms with Crippen molar-refractivity contribution in [3.8, 4) is 5.69 Å². The quantitative estimate of drug-likeness (QED) is 0.528. The number of carbonyl (C=O) groups is 1. The van der Waals surface area contributed by atoms with Gasteiger partial charge in [0.15, 0.2) is 0 Å². The van der Waals surface area contributed by atoms with Gasteiger partial charge in [-0.25, -0.2) is 13.1 Å². The number of aryl methyl sites for hydroxylation is 1. The summed E-state index contributed by atoms with van der Waals surface area (Å²) in [6.07, 6.45) is 3.72. The van der Waals surface area contributed by atoms with Gasteiger partial charge >= 0.3 is 0 Å². The van der Waals surface area contributed by atoms with Crippen molar-refractivity contribution < 1.29 is 17.9 Å². The Hall–Kier alpha value is -3.05. The van der Waals surface area contributed by atoms with E-state index in [0.29, 0.717) is 38.5 Å². The van der Waals surface area contributed by atoms with Crippen molar-refractivity contribution in [1.82, 2.24) is 19.0 Å². The molecule has 0 bridgehead atoms. The van der Waals surface area contributed by atoms with Crippen LogP contribution in [-0.2, 0) is 26.1 Å². The number of nitrogens with zero attached hydrogens (tertiary/aromatic N) is 4. The lowest BCUT2D eigenvalue weighted by molar-refractivity contribution is -0.117. The lowest BCUT2D eigenvalue weighted by Crippen LogP contribution is -2.40. The summed E-state index contributed by atoms with van der Waals surface area (Å²) >= 11 is 0. The molecule has 1 saturated heterocycles. The van der Waals surface area contributed by atoms with Crippen molar-refractivity contribution in [2.75, 3.05) is 45.2 Å². The summed E-state index contributed by atoms with van der Waals surface area (Å²) < 4.78 is 34.4. The molecule has 0 spiro atoms. The first kappa shape index (κ1) is 24.1. The summed E-state index contributed by atoms with van der Waals surface area (Å²) in [5.74, 6) is -0.220. The number of amides is 1. The Labute approximate surface area is 200 Å². The smallest absolute Gasteiger partial charge is 0.243 e. The van der Waals surface area contributed by atoms with Gasteiger partial charge in [-0.2, -0.15) is 9.40 Å². The van der Waals surface area contributed by atoms with Crippen molar-refractivity contribution in [3.05, 3.63) is 72.1 Å². The molecule has 1 aromatic heterocycles. The zero-order valence-electron chi connectivity index (χ0n) is 19.3. The first-order valence-corrected chi connectivity index (χ1v) is 12.5. The molecular weight excluding hydrogens is 454 g/mol. The van der Waals surface area contributed by atoms with Crippen molar-refractivity contribution in [1.29, 1.82) is 0 Å². The molecule has 1 aliphatic rings. The van der Waals surface area contributed by atoms with Crippen LogP contribution in [0.1, 0.15) is 11.1 Å². The fourth-order valence-electron chi connectivity index (χ4n) is 3.80. The van der Waals surface area contributed by atoms with Crippen LogP contribution in [0.5, 0.6) is 0 Å². The van der Waals surface area contributed by atoms with E-state index in [1.807, 2.05) is 55.4 Å². The second kappa shape index (κ2) is 10.5. The molecule has 180 valence electrons. The number of aromatic nitrogens is 2. The highest BCUT2D eigenvalue weighted by Gasteiger charge is 2.27. The number of sulfonamides is 1. The predicted molar refractivity (Wildman–Crippen MR) is 129 cm³/mol. The maximum absolute atomic E-state index is 13.0. The van der Waals surface area contributed by atoms with Gasteiger partial charge in [0, 0.05) is 37.1 Å². The van der Waals surface area contributed by atoms with Gasteiger partial charge < -0.3 is 10.1 Å². The lowest BCUT2D eigenvalue weighted by atomic mass is 10.2. The summed E-state index contributed by atoms with van der Waals surface area (Å²) in [5.41, 5.74) is 3.23. The third kappa shape index (κ3) is 5.71. The summed E-state index contributed by atoms with van der Waals surface area (Å²) in [6, 6.07) is 14.6. The number of hydrogen-bond donors (Lipinski definition) is 1. The van der Waals surface area contributed by atoms with Crippen LogP contribution in [0.25, 0.3) is 5.69 Å². The average Bonchev–Trinajstić information content (AvgIpc) is 3.29. The zero-order chi connectivity index (χ0) is 24.1. The Kier molecular flexibility index (Phi) is 7.42. The minimum absolute atomic E-state index is 0.149. The normalized spacial score (nSPS) is 14.9. The number of para-hydroxylation sites is 1. The van der Waals surface area contributed by atoms with E-state index >= 15 is 0 Å². The highest BCUT2D eigenvalue weighted by atomic mass is 32.2. The monoisotopic (exact) mass is 483 g/mol. The lowest BCUT2D eigenvalue weighted by Gasteiger charge is -2.26. The maximum Gasteiger partial charge on any atom is 0.243 e. The molecule has 4 rings (SSSR count). The average molecular weight is 484 g/mol. The molecule has 10 heteroatoms. The predicted octanol–water partition coefficient (Wildman–Crippen LogP) is 2.27. The fourth-order valence-corrected chi connectivity index (χ4v) is 5.23. The highest BCUT2D eigenvalue weighted by molar-refractivity contribution is 7.89. The Balaban J connectivity index is 1.38. The van der Waals surface area contributed by atoms with Crippen LogP contribution >= 0.6 is 0 Å². The molecule has 0 unspecified atom stereocenters. The topological polar surface area (TPSA) is 96.8 Å². The van der Waals surface area contributed by atoms with Crippen LogP contribution in [0.3, 0.4) is 0 Å². The fraction of sp³-hybridized carbons (Fsp3) is 0.333. The second-order valence-electron chi connectivity index (χ2n) is 8.34. The molecule has 0 radical (unpaired) electrons. The summed E-state index contributed by atoms with van der Waals surface area (Å²) in [6.45, 7) is 3.94. The zero-order valence-corrected chi connectivity index (χ0v) is 20.2. The molecule has 0 saturated carbocycles. The first-order valence-electron chi connectivity index (χ1n) is 11.1. The van der Waals surface area contributed by atoms with Gasteiger partial charge in [0.2, 0.25) is 15.9 Å². The number of hydrogen-bond acceptors (Lipinski definition) is 6. The molecule has 2 heterocycles. The van der Waals surface area contributed by atoms with Crippen LogP contribution in [0.4, 0.5) is 5.69 Å². The third-order valence-electron chi connectivity index (χ3n) is 5.61. The van der Waals surface area contributed by atoms with Gasteiger partial charge in [0.25, 0.3) is 0 Å². The number of benzene rings is 2. The van der Waals surface area contributed by atoms with Gasteiger partial charge in [-0.15, -0.1) is 0 Å². The molecular formula is C24H29N5O4S. The van der Waals surface area contributed by atoms with E-state index in [2.05, 4.69) is 10.4 Å². The number of anilines is 1. The standard InChI is InChI=1S/C24H29N5O4S/c1-19-8-9-22(34(31,32)28-10-12-33-13-11-28)14-23(19)26-24(30)18-27(2)16-20-15-25-29(17-20)21-6-4-3-5-7-21/h3-9,14-15,17H,10-13,16,18H2,1-2H3,(H,26,30). The van der Waals surface area contributed by atoms with Crippen LogP contribution in [-0.4, -0.2) is 73.2 Å². The Bertz CT molecular complexity index is 1240. The van der Waals surface area contributed by atoms with Gasteiger partial charge in [0.1, 0.15) is 0 Å². The van der Waals surface area contributed by atoms with E-state index in [1.54, 1.807) is 23.0 Å². The van der Waals surface area contributed by atoms with Crippen LogP contribution < -0.4 is 5.32 Å². The van der Waals surface area contributed by atoms with E-state index in [0.717, 1.165) is 16.8 Å². The van der Waals surface area contributed by atoms with Crippen LogP contribution in [0.15, 0.2) is 65.8 Å². The van der Waals surface area contributed by atoms with E-state index < -0.39 is 10.0 Å². The number of morpholine rings is 1. The van der Waals surface area contributed by atoms with Gasteiger partial charge in [0.05, 0.1) is 36.5 Å². The van der Waals surface area contributed by atoms with Gasteiger partial charge in [-0.1, -0.05) is 24.3 Å². The van der Waals surface area contributed by atoms with E-state index in [4.69, 9.17) is 4.74 Å². The summed E-state index contributed by atoms with van der Waals surface area (Å²) in [7, 11) is -1.79. The second-order valence-corrected chi connectivity index (χ2v) is 10.3. The molecule has 9 nitrogen and oxygen atoms in total. The first-order chi connectivity index (χ1) is 16.3. The van der Waals surface area contributed by atoms with Crippen molar-refractivity contribution in [3.63, 3.8) is 0 Å². The number of likely N-dealkylation sites (N-methyl/N-ethyl adjacent to an activating group) is 1. The molecule has 0 atom stereocenters. The van der Waals surface area contributed by atoms with Crippen LogP contribution in [0.2, 0.25) is 0 Å². The van der Waals surface area contributed by atoms with Crippen molar-refractivity contribution >= 4 is 21.6 Å². The minimum atomic E-state index is -3.64. The van der Waals surface area contributed by atoms with Crippen LogP contribution in [0, 0.1) is 6.92 Å². The van der Waals surface area contributed by atoms with E-state index in [-0.39, 0.29) is 17.3 Å². The van der Waals surface area contributed by atoms with Gasteiger partial charge in [-0.3, -0.25) is 9.69 Å². The maximum atomic E-state index is 13.0. The molecule has 34 heavy (non-hydrogen) atoms. The Morgan fingerprint density at radius 2 is 1.88 bits per heavy atom. The molecule has 1 aliphatic heterocycles. The molecule has 1 amide bonds. The van der Waals surface area contributed by atoms with Crippen molar-refractivity contribution in [2.24, 2.45) is 0 Å². The number of ether oxygens (including phenoxy) is 1. The third-order valence-corrected chi connectivity index (χ3v) is 7.51. The Morgan fingerprint density at radius 3 is 2.62 bits per heavy atom. The SMILES string of the molecule is Cc1ccc(S(=O)(=O)N2CCOCC2)cc1NC(=O)CN(C)Cc1cnn(-c2ccccc2)c1. The Morgan fingerprint density at radius 1 is 1.15 bits per heavy atom. The summed E-state index contributed by atoms with van der Waals surface area (Å²) in [5, 5.41) is 7.25. The van der Waals surface area contributed by atoms with E-state index in [9.17, 15) is 13.2 Å². The van der Waals surface area contributed by atoms with Crippen molar-refractivity contribution in [2.45, 2.75) is 18.4 Å². The minimum Gasteiger partial charge on any atom is -0.379 e. The number of nitrogens with one attached hydrogen (secondary N) is 1. The highest BCUT2D eigenvalue weighted by Crippen LogP contribution is 2.23. The van der Waals surface area contributed by atoms with Gasteiger partial charge in [-0.05, 0) is 43.8 Å². The number of rotatable bonds is 8. The number of carbonyl (C=O) groups excluding carboxylic acids is 1. The van der Waals surface area contributed by atoms with E-state index in [1.165, 1.54) is 10.4 Å². The largest absolute Gasteiger partial charge is 0.379 e. The molecule has 2 aromatic carbocycles. The summed E-state index contributed by atoms with van der Waals surface area (Å²) in [4.78, 5) is 14.7.